The molecule has 0 bridgehead atoms. The fraction of sp³-hybridized carbons (Fsp3) is 0.165. The van der Waals surface area contributed by atoms with Crippen molar-refractivity contribution in [1.29, 1.82) is 0 Å². The van der Waals surface area contributed by atoms with Gasteiger partial charge in [-0.1, -0.05) is 163 Å². The number of amides is 4. The lowest BCUT2D eigenvalue weighted by molar-refractivity contribution is -0.274. The molecule has 0 unspecified atom stereocenters. The van der Waals surface area contributed by atoms with Gasteiger partial charge in [0.05, 0.1) is 67.5 Å². The highest BCUT2D eigenvalue weighted by atomic mass is 79.9. The molecule has 14 rings (SSSR count). The highest BCUT2D eigenvalue weighted by Gasteiger charge is 2.33. The van der Waals surface area contributed by atoms with Gasteiger partial charge in [-0.05, 0) is 131 Å². The molecule has 0 spiro atoms. The van der Waals surface area contributed by atoms with E-state index < -0.39 is 64.5 Å². The molecule has 28 heteroatoms. The molecule has 3 aliphatic heterocycles. The molecule has 11 aromatic carbocycles. The molecule has 0 fully saturated rings. The van der Waals surface area contributed by atoms with Crippen molar-refractivity contribution in [3.05, 3.63) is 340 Å². The number of alkyl halides is 3. The number of fused-ring (bicyclic) bond motifs is 3. The van der Waals surface area contributed by atoms with Crippen molar-refractivity contribution >= 4 is 77.4 Å². The number of halogens is 13. The second kappa shape index (κ2) is 39.2. The van der Waals surface area contributed by atoms with Gasteiger partial charge in [0.1, 0.15) is 83.5 Å². The first kappa shape index (κ1) is 84.1. The summed E-state index contributed by atoms with van der Waals surface area (Å²) >= 11 is 8.80. The average Bonchev–Trinajstić information content (AvgIpc) is 1.79. The summed E-state index contributed by atoms with van der Waals surface area (Å²) in [5, 5.41) is 17.5. The predicted molar refractivity (Wildman–Crippen MR) is 413 cm³/mol. The second-order valence-electron chi connectivity index (χ2n) is 25.3. The van der Waals surface area contributed by atoms with Crippen LogP contribution in [0.4, 0.5) is 43.9 Å². The summed E-state index contributed by atoms with van der Waals surface area (Å²) in [4.78, 5) is 68.0. The first-order valence-corrected chi connectivity index (χ1v) is 36.9. The number of hydrogen-bond donors (Lipinski definition) is 2. The molecular weight excluding hydrogens is 1680 g/mol. The first-order chi connectivity index (χ1) is 54.1. The van der Waals surface area contributed by atoms with E-state index >= 15 is 0 Å². The summed E-state index contributed by atoms with van der Waals surface area (Å²) in [5.41, 5.74) is 6.73. The van der Waals surface area contributed by atoms with Crippen LogP contribution in [0, 0.1) is 47.6 Å². The zero-order valence-electron chi connectivity index (χ0n) is 59.7. The lowest BCUT2D eigenvalue weighted by atomic mass is 10.00. The number of nitrogens with zero attached hydrogens (tertiary/aromatic N) is 4. The van der Waals surface area contributed by atoms with E-state index in [9.17, 15) is 67.9 Å². The molecule has 113 heavy (non-hydrogen) atoms. The van der Waals surface area contributed by atoms with E-state index in [1.165, 1.54) is 41.3 Å². The van der Waals surface area contributed by atoms with Crippen LogP contribution in [0.2, 0.25) is 0 Å². The van der Waals surface area contributed by atoms with E-state index in [1.54, 1.807) is 20.8 Å². The fourth-order valence-electron chi connectivity index (χ4n) is 11.7. The maximum absolute atomic E-state index is 14.7. The number of carbonyl (C=O) groups excluding carboxylic acids is 4. The molecule has 0 aliphatic carbocycles. The highest BCUT2D eigenvalue weighted by molar-refractivity contribution is 9.11. The monoisotopic (exact) mass is 1750 g/mol. The Hall–Kier alpha value is -11.3. The lowest BCUT2D eigenvalue weighted by Crippen LogP contribution is -2.33. The number of aryl methyl sites for hydroxylation is 1. The third kappa shape index (κ3) is 22.9. The van der Waals surface area contributed by atoms with Gasteiger partial charge in [0.15, 0.2) is 0 Å². The largest absolute Gasteiger partial charge is 0.573 e. The van der Waals surface area contributed by atoms with Crippen LogP contribution in [0.25, 0.3) is 22.3 Å². The quantitative estimate of drug-likeness (QED) is 0.0738. The number of benzene rings is 11. The number of carboxylic acid groups (broad SMARTS) is 1. The minimum atomic E-state index is -4.82. The Bertz CT molecular complexity index is 5180. The van der Waals surface area contributed by atoms with Gasteiger partial charge in [0.25, 0.3) is 23.6 Å². The zero-order chi connectivity index (χ0) is 81.0. The van der Waals surface area contributed by atoms with Gasteiger partial charge in [-0.15, -0.1) is 13.2 Å². The summed E-state index contributed by atoms with van der Waals surface area (Å²) in [5.74, 6) is -7.36. The first-order valence-electron chi connectivity index (χ1n) is 34.6. The van der Waals surface area contributed by atoms with Gasteiger partial charge in [-0.3, -0.25) is 19.2 Å². The van der Waals surface area contributed by atoms with E-state index in [0.29, 0.717) is 98.4 Å². The number of carbonyl (C=O) groups is 5. The third-order valence-electron chi connectivity index (χ3n) is 17.3. The highest BCUT2D eigenvalue weighted by Crippen LogP contribution is 2.37. The standard InChI is InChI=1S/C23H17F4NO3.C23H20FNO2.C16H14BrF2NO2.C16H13BrFNO2.C7H3BrF2O2/c24-20-13-21-19(12-18(20)16-6-8-17(9-7-16)31-23(25,26)27)22(29)28(10-11-30-21)14-15-4-2-1-3-5-15;1-16-7-9-18(10-8-16)19-13-20-22(14-21(19)24)27-12-11-25(23(20)26)15-17-5-3-2-4-6-17;17-13-8-12(14(18)9-15(13)19)16(22)20(6-7-21)10-11-4-2-1-3-5-11;17-13-8-12-15(9-14(13)18)21-7-6-19(16(12)20)10-11-4-2-1-3-5-11;8-4-1-3(7(11)12)5(9)2-6(4)10/h1-9,12-13H,10-11,14H2;2-10,13-14H,11-12,15H2,1H3;1-5,8-9,21H,6-7,10H2;1-5,8-9H,6-7,10H2;1-2H,(H,11,12). The number of aliphatic hydroxyl groups is 1. The number of ether oxygens (including phenoxy) is 4. The summed E-state index contributed by atoms with van der Waals surface area (Å²) < 4.78 is 153. The van der Waals surface area contributed by atoms with Crippen molar-refractivity contribution in [3.63, 3.8) is 0 Å². The van der Waals surface area contributed by atoms with E-state index in [-0.39, 0.29) is 85.7 Å². The van der Waals surface area contributed by atoms with Crippen LogP contribution in [0.5, 0.6) is 23.0 Å². The van der Waals surface area contributed by atoms with Gasteiger partial charge in [-0.25, -0.2) is 35.5 Å². The number of aromatic carboxylic acids is 1. The van der Waals surface area contributed by atoms with E-state index in [1.807, 2.05) is 153 Å². The van der Waals surface area contributed by atoms with Gasteiger partial charge in [0.2, 0.25) is 0 Å². The van der Waals surface area contributed by atoms with Crippen LogP contribution in [0.1, 0.15) is 79.6 Å². The van der Waals surface area contributed by atoms with Crippen LogP contribution in [0.3, 0.4) is 0 Å². The van der Waals surface area contributed by atoms with Gasteiger partial charge in [-0.2, -0.15) is 0 Å². The van der Waals surface area contributed by atoms with Crippen molar-refractivity contribution in [2.45, 2.75) is 39.5 Å². The SMILES string of the molecule is Cc1ccc(-c2cc3c(cc2F)OCCN(Cc2ccccc2)C3=O)cc1.O=C(O)c1cc(Br)c(F)cc1F.O=C(c1cc(Br)c(F)cc1F)N(CCO)Cc1ccccc1.O=C1c2cc(-c3ccc(OC(F)(F)F)cc3)c(F)cc2OCCN1Cc1ccccc1.O=C1c2cc(Br)c(F)cc2OCCN1Cc1ccccc1. The Morgan fingerprint density at radius 2 is 0.779 bits per heavy atom. The molecule has 15 nitrogen and oxygen atoms in total. The molecule has 0 aromatic heterocycles. The van der Waals surface area contributed by atoms with Gasteiger partial charge < -0.3 is 48.8 Å². The third-order valence-corrected chi connectivity index (χ3v) is 19.2. The molecule has 4 amide bonds. The summed E-state index contributed by atoms with van der Waals surface area (Å²) in [6.07, 6.45) is -4.82. The van der Waals surface area contributed by atoms with Crippen molar-refractivity contribution < 1.29 is 97.0 Å². The van der Waals surface area contributed by atoms with Gasteiger partial charge in [0, 0.05) is 74.2 Å². The number of rotatable bonds is 15. The average molecular weight is 1750 g/mol. The minimum Gasteiger partial charge on any atom is -0.491 e. The summed E-state index contributed by atoms with van der Waals surface area (Å²) in [6.45, 7) is 5.59. The smallest absolute Gasteiger partial charge is 0.491 e. The molecule has 2 N–H and O–H groups in total. The summed E-state index contributed by atoms with van der Waals surface area (Å²) in [7, 11) is 0. The molecule has 3 aliphatic rings. The Kier molecular flexibility index (Phi) is 29.2. The van der Waals surface area contributed by atoms with Gasteiger partial charge >= 0.3 is 12.3 Å². The molecule has 0 radical (unpaired) electrons. The Morgan fingerprint density at radius 3 is 1.17 bits per heavy atom. The van der Waals surface area contributed by atoms with Crippen LogP contribution in [0.15, 0.2) is 244 Å². The van der Waals surface area contributed by atoms with Crippen LogP contribution in [-0.2, 0) is 26.2 Å². The molecule has 11 aromatic rings. The molecule has 0 saturated heterocycles. The molecule has 584 valence electrons. The molecule has 3 heterocycles. The number of carboxylic acids is 1. The topological polar surface area (TPSA) is 176 Å². The number of aliphatic hydroxyl groups excluding tert-OH is 1. The Balaban J connectivity index is 0.000000154. The predicted octanol–water partition coefficient (Wildman–Crippen LogP) is 19.7. The molecular formula is C85H67Br3F10N4O11. The maximum Gasteiger partial charge on any atom is 0.573 e. The van der Waals surface area contributed by atoms with Crippen molar-refractivity contribution in [1.82, 2.24) is 19.6 Å². The van der Waals surface area contributed by atoms with Crippen molar-refractivity contribution in [2.24, 2.45) is 0 Å². The lowest BCUT2D eigenvalue weighted by Gasteiger charge is -2.22. The maximum atomic E-state index is 14.7. The Morgan fingerprint density at radius 1 is 0.434 bits per heavy atom. The molecule has 0 atom stereocenters. The van der Waals surface area contributed by atoms with Crippen molar-refractivity contribution in [3.8, 4) is 45.3 Å². The fourth-order valence-corrected chi connectivity index (χ4v) is 12.7. The minimum absolute atomic E-state index is 0.0147. The van der Waals surface area contributed by atoms with Crippen LogP contribution >= 0.6 is 47.8 Å². The number of hydrogen-bond acceptors (Lipinski definition) is 10. The van der Waals surface area contributed by atoms with E-state index in [2.05, 4.69) is 52.5 Å². The zero-order valence-corrected chi connectivity index (χ0v) is 64.5. The van der Waals surface area contributed by atoms with E-state index in [0.717, 1.165) is 63.7 Å². The molecule has 0 saturated carbocycles. The normalized spacial score (nSPS) is 12.9. The van der Waals surface area contributed by atoms with Crippen LogP contribution < -0.4 is 18.9 Å². The second-order valence-corrected chi connectivity index (χ2v) is 27.8. The summed E-state index contributed by atoms with van der Waals surface area (Å²) in [6, 6.07) is 61.9. The van der Waals surface area contributed by atoms with Crippen molar-refractivity contribution in [2.75, 3.05) is 52.6 Å². The van der Waals surface area contributed by atoms with Crippen LogP contribution in [-0.4, -0.2) is 118 Å². The van der Waals surface area contributed by atoms with E-state index in [4.69, 9.17) is 24.4 Å². The Labute approximate surface area is 667 Å².